The summed E-state index contributed by atoms with van der Waals surface area (Å²) in [5.41, 5.74) is 3.37. The Hall–Kier alpha value is -3.95. The van der Waals surface area contributed by atoms with Gasteiger partial charge in [0.2, 0.25) is 0 Å². The number of piperazine rings is 2. The lowest BCUT2D eigenvalue weighted by Crippen LogP contribution is -2.50. The van der Waals surface area contributed by atoms with Crippen LogP contribution in [-0.4, -0.2) is 91.5 Å². The third kappa shape index (κ3) is 8.30. The molecule has 2 aliphatic rings. The largest absolute Gasteiger partial charge is 0.444 e. The zero-order valence-electron chi connectivity index (χ0n) is 26.0. The molecule has 0 saturated carbocycles. The fraction of sp³-hybridized carbons (Fsp3) is 0.531. The van der Waals surface area contributed by atoms with Crippen molar-refractivity contribution < 1.29 is 23.9 Å². The minimum Gasteiger partial charge on any atom is -0.444 e. The number of carbonyl (C=O) groups excluding carboxylic acids is 3. The van der Waals surface area contributed by atoms with E-state index in [-0.39, 0.29) is 18.1 Å². The van der Waals surface area contributed by atoms with Gasteiger partial charge >= 0.3 is 12.2 Å². The average Bonchev–Trinajstić information content (AvgIpc) is 2.92. The van der Waals surface area contributed by atoms with Crippen molar-refractivity contribution in [2.75, 3.05) is 67.5 Å². The normalized spacial score (nSPS) is 16.3. The number of hydrogen-bond acceptors (Lipinski definition) is 7. The zero-order valence-corrected chi connectivity index (χ0v) is 26.0. The van der Waals surface area contributed by atoms with Crippen LogP contribution in [0.15, 0.2) is 42.5 Å². The molecule has 10 heteroatoms. The zero-order chi connectivity index (χ0) is 30.7. The fourth-order valence-corrected chi connectivity index (χ4v) is 4.95. The van der Waals surface area contributed by atoms with Crippen molar-refractivity contribution in [2.45, 2.75) is 59.7 Å². The van der Waals surface area contributed by atoms with Crippen molar-refractivity contribution in [3.63, 3.8) is 0 Å². The number of ether oxygens (including phenoxy) is 2. The van der Waals surface area contributed by atoms with Gasteiger partial charge in [0.15, 0.2) is 0 Å². The smallest absolute Gasteiger partial charge is 0.410 e. The molecule has 0 radical (unpaired) electrons. The minimum absolute atomic E-state index is 0.168. The lowest BCUT2D eigenvalue weighted by molar-refractivity contribution is 0.0230. The number of carbonyl (C=O) groups is 3. The molecule has 4 rings (SSSR count). The summed E-state index contributed by atoms with van der Waals surface area (Å²) < 4.78 is 11.0. The first-order chi connectivity index (χ1) is 19.7. The average molecular weight is 580 g/mol. The summed E-state index contributed by atoms with van der Waals surface area (Å²) in [6.45, 7) is 18.4. The molecule has 0 aromatic heterocycles. The van der Waals surface area contributed by atoms with E-state index in [2.05, 4.69) is 21.2 Å². The van der Waals surface area contributed by atoms with Crippen LogP contribution < -0.4 is 15.1 Å². The summed E-state index contributed by atoms with van der Waals surface area (Å²) in [6.07, 6.45) is -0.552. The predicted molar refractivity (Wildman–Crippen MR) is 166 cm³/mol. The molecule has 2 aromatic carbocycles. The second-order valence-corrected chi connectivity index (χ2v) is 12.9. The first-order valence-electron chi connectivity index (χ1n) is 14.7. The number of nitrogens with one attached hydrogen (secondary N) is 1. The molecule has 3 amide bonds. The van der Waals surface area contributed by atoms with E-state index < -0.39 is 11.2 Å². The Morgan fingerprint density at radius 3 is 1.50 bits per heavy atom. The monoisotopic (exact) mass is 579 g/mol. The highest BCUT2D eigenvalue weighted by Crippen LogP contribution is 2.25. The molecule has 1 N–H and O–H groups in total. The highest BCUT2D eigenvalue weighted by molar-refractivity contribution is 6.05. The molecule has 10 nitrogen and oxygen atoms in total. The van der Waals surface area contributed by atoms with Crippen LogP contribution in [0.25, 0.3) is 0 Å². The van der Waals surface area contributed by atoms with Crippen molar-refractivity contribution in [1.82, 2.24) is 9.80 Å². The Bertz CT molecular complexity index is 1270. The molecule has 2 saturated heterocycles. The van der Waals surface area contributed by atoms with Gasteiger partial charge in [0.1, 0.15) is 11.2 Å². The Morgan fingerprint density at radius 1 is 0.643 bits per heavy atom. The van der Waals surface area contributed by atoms with E-state index >= 15 is 0 Å². The van der Waals surface area contributed by atoms with Gasteiger partial charge < -0.3 is 34.4 Å². The van der Waals surface area contributed by atoms with Crippen molar-refractivity contribution in [1.29, 1.82) is 0 Å². The van der Waals surface area contributed by atoms with E-state index in [1.807, 2.05) is 84.9 Å². The molecule has 2 aliphatic heterocycles. The Labute approximate surface area is 249 Å². The molecule has 0 spiro atoms. The molecular formula is C32H45N5O5. The van der Waals surface area contributed by atoms with E-state index in [9.17, 15) is 14.4 Å². The van der Waals surface area contributed by atoms with E-state index in [0.717, 1.165) is 22.6 Å². The van der Waals surface area contributed by atoms with Gasteiger partial charge in [-0.1, -0.05) is 0 Å². The second-order valence-electron chi connectivity index (χ2n) is 12.9. The highest BCUT2D eigenvalue weighted by atomic mass is 16.6. The summed E-state index contributed by atoms with van der Waals surface area (Å²) in [5.74, 6) is -0.168. The summed E-state index contributed by atoms with van der Waals surface area (Å²) >= 11 is 0. The van der Waals surface area contributed by atoms with Crippen LogP contribution >= 0.6 is 0 Å². The molecule has 2 aromatic rings. The number of aryl methyl sites for hydroxylation is 1. The number of rotatable bonds is 4. The predicted octanol–water partition coefficient (Wildman–Crippen LogP) is 5.36. The number of anilines is 3. The number of nitrogens with zero attached hydrogens (tertiary/aromatic N) is 4. The van der Waals surface area contributed by atoms with Crippen LogP contribution in [0.3, 0.4) is 0 Å². The third-order valence-electron chi connectivity index (χ3n) is 7.18. The van der Waals surface area contributed by atoms with Crippen LogP contribution in [0.4, 0.5) is 26.7 Å². The maximum absolute atomic E-state index is 13.0. The van der Waals surface area contributed by atoms with Crippen molar-refractivity contribution in [3.8, 4) is 0 Å². The Kier molecular flexibility index (Phi) is 9.23. The van der Waals surface area contributed by atoms with E-state index in [1.165, 1.54) is 0 Å². The van der Waals surface area contributed by atoms with Crippen molar-refractivity contribution >= 4 is 35.2 Å². The lowest BCUT2D eigenvalue weighted by atomic mass is 10.1. The van der Waals surface area contributed by atoms with Crippen LogP contribution in [0.2, 0.25) is 0 Å². The topological polar surface area (TPSA) is 94.7 Å². The molecule has 0 atom stereocenters. The summed E-state index contributed by atoms with van der Waals surface area (Å²) in [5, 5.41) is 3.04. The molecule has 2 heterocycles. The Balaban J connectivity index is 1.28. The van der Waals surface area contributed by atoms with E-state index in [0.29, 0.717) is 57.9 Å². The quantitative estimate of drug-likeness (QED) is 0.521. The van der Waals surface area contributed by atoms with Gasteiger partial charge in [-0.2, -0.15) is 0 Å². The maximum Gasteiger partial charge on any atom is 0.410 e. The third-order valence-corrected chi connectivity index (χ3v) is 7.18. The highest BCUT2D eigenvalue weighted by Gasteiger charge is 2.27. The lowest BCUT2D eigenvalue weighted by Gasteiger charge is -2.37. The Morgan fingerprint density at radius 2 is 1.07 bits per heavy atom. The van der Waals surface area contributed by atoms with Gasteiger partial charge in [-0.25, -0.2) is 9.59 Å². The SMILES string of the molecule is Cc1cc(N2CCN(C(=O)OC(C)(C)C)CC2)ccc1NC(=O)c1ccc(N2CCN(C(=O)OC(C)(C)C)CC2)cc1. The van der Waals surface area contributed by atoms with E-state index in [4.69, 9.17) is 9.47 Å². The van der Waals surface area contributed by atoms with Crippen LogP contribution in [0.1, 0.15) is 57.5 Å². The van der Waals surface area contributed by atoms with Gasteiger partial charge in [-0.3, -0.25) is 4.79 Å². The second kappa shape index (κ2) is 12.5. The molecule has 42 heavy (non-hydrogen) atoms. The first-order valence-corrected chi connectivity index (χ1v) is 14.7. The van der Waals surface area contributed by atoms with Gasteiger partial charge in [-0.15, -0.1) is 0 Å². The van der Waals surface area contributed by atoms with Crippen LogP contribution in [0.5, 0.6) is 0 Å². The van der Waals surface area contributed by atoms with Gasteiger partial charge in [0.25, 0.3) is 5.91 Å². The first kappa shape index (κ1) is 31.0. The summed E-state index contributed by atoms with van der Waals surface area (Å²) in [4.78, 5) is 45.7. The molecule has 0 bridgehead atoms. The van der Waals surface area contributed by atoms with Gasteiger partial charge in [0.05, 0.1) is 0 Å². The standard InChI is InChI=1S/C32H45N5O5/c1-23-22-26(35-16-20-37(21-17-35)30(40)42-32(5,6)7)12-13-27(23)33-28(38)24-8-10-25(11-9-24)34-14-18-36(19-15-34)29(39)41-31(2,3)4/h8-13,22H,14-21H2,1-7H3,(H,33,38). The van der Waals surface area contributed by atoms with Gasteiger partial charge in [0, 0.05) is 75.0 Å². The number of benzene rings is 2. The van der Waals surface area contributed by atoms with Gasteiger partial charge in [-0.05, 0) is 96.5 Å². The fourth-order valence-electron chi connectivity index (χ4n) is 4.95. The molecule has 228 valence electrons. The van der Waals surface area contributed by atoms with Crippen LogP contribution in [-0.2, 0) is 9.47 Å². The molecule has 0 aliphatic carbocycles. The number of amides is 3. The summed E-state index contributed by atoms with van der Waals surface area (Å²) in [6, 6.07) is 13.6. The maximum atomic E-state index is 13.0. The van der Waals surface area contributed by atoms with Crippen molar-refractivity contribution in [2.24, 2.45) is 0 Å². The minimum atomic E-state index is -0.508. The van der Waals surface area contributed by atoms with E-state index in [1.54, 1.807) is 9.80 Å². The molecule has 2 fully saturated rings. The number of hydrogen-bond donors (Lipinski definition) is 1. The van der Waals surface area contributed by atoms with Crippen LogP contribution in [0, 0.1) is 6.92 Å². The van der Waals surface area contributed by atoms with Crippen molar-refractivity contribution in [3.05, 3.63) is 53.6 Å². The molecule has 0 unspecified atom stereocenters. The summed E-state index contributed by atoms with van der Waals surface area (Å²) in [7, 11) is 0. The molecular weight excluding hydrogens is 534 g/mol.